The van der Waals surface area contributed by atoms with Crippen molar-refractivity contribution in [1.29, 1.82) is 0 Å². The molecule has 0 saturated carbocycles. The number of hydrogen-bond donors (Lipinski definition) is 2. The second-order valence-electron chi connectivity index (χ2n) is 4.68. The van der Waals surface area contributed by atoms with Gasteiger partial charge in [0.15, 0.2) is 5.84 Å². The van der Waals surface area contributed by atoms with Gasteiger partial charge in [0.1, 0.15) is 0 Å². The summed E-state index contributed by atoms with van der Waals surface area (Å²) in [6.45, 7) is 6.78. The molecular formula is C13H21N3O2. The molecule has 1 aromatic rings. The van der Waals surface area contributed by atoms with E-state index in [-0.39, 0.29) is 17.0 Å². The molecule has 0 aromatic carbocycles. The highest BCUT2D eigenvalue weighted by Crippen LogP contribution is 2.09. The van der Waals surface area contributed by atoms with E-state index in [1.54, 1.807) is 10.6 Å². The molecule has 1 atom stereocenters. The fraction of sp³-hybridized carbons (Fsp3) is 0.538. The Hall–Kier alpha value is -1.78. The molecule has 0 saturated heterocycles. The lowest BCUT2D eigenvalue weighted by Gasteiger charge is -2.16. The first kappa shape index (κ1) is 14.3. The Morgan fingerprint density at radius 2 is 2.22 bits per heavy atom. The standard InChI is InChI=1S/C13H21N3O2/c1-4-5-9(2)8-16-10(3)6-7-11(13(16)17)12(14)15-18/h6-7,9,18H,4-5,8H2,1-3H3,(H2,14,15). The second kappa shape index (κ2) is 6.23. The summed E-state index contributed by atoms with van der Waals surface area (Å²) in [5.74, 6) is 0.283. The van der Waals surface area contributed by atoms with Crippen LogP contribution >= 0.6 is 0 Å². The van der Waals surface area contributed by atoms with Gasteiger partial charge >= 0.3 is 0 Å². The molecule has 0 spiro atoms. The smallest absolute Gasteiger partial charge is 0.261 e. The van der Waals surface area contributed by atoms with Crippen LogP contribution in [0.15, 0.2) is 22.1 Å². The molecule has 0 amide bonds. The molecule has 1 aromatic heterocycles. The zero-order valence-electron chi connectivity index (χ0n) is 11.2. The van der Waals surface area contributed by atoms with Crippen LogP contribution in [0.4, 0.5) is 0 Å². The number of hydrogen-bond acceptors (Lipinski definition) is 3. The monoisotopic (exact) mass is 251 g/mol. The van der Waals surface area contributed by atoms with Crippen LogP contribution in [-0.2, 0) is 6.54 Å². The summed E-state index contributed by atoms with van der Waals surface area (Å²) < 4.78 is 1.69. The van der Waals surface area contributed by atoms with Gasteiger partial charge in [-0.25, -0.2) is 0 Å². The minimum absolute atomic E-state index is 0.142. The number of rotatable bonds is 5. The van der Waals surface area contributed by atoms with E-state index < -0.39 is 0 Å². The molecular weight excluding hydrogens is 230 g/mol. The zero-order chi connectivity index (χ0) is 13.7. The quantitative estimate of drug-likeness (QED) is 0.361. The molecule has 0 radical (unpaired) electrons. The van der Waals surface area contributed by atoms with E-state index in [2.05, 4.69) is 19.0 Å². The predicted octanol–water partition coefficient (Wildman–Crippen LogP) is 1.69. The van der Waals surface area contributed by atoms with Gasteiger partial charge in [0.2, 0.25) is 0 Å². The van der Waals surface area contributed by atoms with Gasteiger partial charge in [0.25, 0.3) is 5.56 Å². The number of amidine groups is 1. The van der Waals surface area contributed by atoms with Gasteiger partial charge in [0, 0.05) is 12.2 Å². The Balaban J connectivity index is 3.15. The first-order valence-electron chi connectivity index (χ1n) is 6.19. The number of oxime groups is 1. The summed E-state index contributed by atoms with van der Waals surface area (Å²) in [5, 5.41) is 11.5. The average molecular weight is 251 g/mol. The molecule has 0 bridgehead atoms. The van der Waals surface area contributed by atoms with Crippen LogP contribution < -0.4 is 11.3 Å². The Morgan fingerprint density at radius 3 is 2.78 bits per heavy atom. The van der Waals surface area contributed by atoms with Crippen molar-refractivity contribution < 1.29 is 5.21 Å². The minimum atomic E-state index is -0.201. The Labute approximate surface area is 107 Å². The third kappa shape index (κ3) is 3.12. The summed E-state index contributed by atoms with van der Waals surface area (Å²) in [6.07, 6.45) is 2.16. The van der Waals surface area contributed by atoms with Crippen LogP contribution in [0, 0.1) is 12.8 Å². The summed E-state index contributed by atoms with van der Waals surface area (Å²) in [6, 6.07) is 3.40. The molecule has 100 valence electrons. The molecule has 5 heteroatoms. The first-order chi connectivity index (χ1) is 8.51. The average Bonchev–Trinajstić information content (AvgIpc) is 2.34. The number of nitrogens with zero attached hydrogens (tertiary/aromatic N) is 2. The fourth-order valence-corrected chi connectivity index (χ4v) is 2.04. The molecule has 0 aliphatic rings. The van der Waals surface area contributed by atoms with Crippen molar-refractivity contribution in [3.8, 4) is 0 Å². The summed E-state index contributed by atoms with van der Waals surface area (Å²) >= 11 is 0. The third-order valence-electron chi connectivity index (χ3n) is 3.05. The zero-order valence-corrected chi connectivity index (χ0v) is 11.2. The minimum Gasteiger partial charge on any atom is -0.409 e. The van der Waals surface area contributed by atoms with Crippen LogP contribution in [0.1, 0.15) is 37.9 Å². The van der Waals surface area contributed by atoms with Gasteiger partial charge < -0.3 is 15.5 Å². The van der Waals surface area contributed by atoms with Gasteiger partial charge in [-0.15, -0.1) is 0 Å². The van der Waals surface area contributed by atoms with E-state index in [1.165, 1.54) is 0 Å². The lowest BCUT2D eigenvalue weighted by molar-refractivity contribution is 0.318. The van der Waals surface area contributed by atoms with Crippen LogP contribution in [0.25, 0.3) is 0 Å². The molecule has 3 N–H and O–H groups in total. The largest absolute Gasteiger partial charge is 0.409 e. The van der Waals surface area contributed by atoms with Crippen molar-refractivity contribution in [2.24, 2.45) is 16.8 Å². The summed E-state index contributed by atoms with van der Waals surface area (Å²) in [5.41, 5.74) is 6.42. The van der Waals surface area contributed by atoms with Gasteiger partial charge in [-0.05, 0) is 31.4 Å². The highest BCUT2D eigenvalue weighted by molar-refractivity contribution is 5.96. The predicted molar refractivity (Wildman–Crippen MR) is 72.0 cm³/mol. The Morgan fingerprint density at radius 1 is 1.56 bits per heavy atom. The van der Waals surface area contributed by atoms with E-state index in [1.807, 2.05) is 13.0 Å². The third-order valence-corrected chi connectivity index (χ3v) is 3.05. The van der Waals surface area contributed by atoms with E-state index in [4.69, 9.17) is 10.9 Å². The molecule has 1 heterocycles. The molecule has 18 heavy (non-hydrogen) atoms. The maximum absolute atomic E-state index is 12.2. The van der Waals surface area contributed by atoms with Crippen molar-refractivity contribution in [1.82, 2.24) is 4.57 Å². The molecule has 5 nitrogen and oxygen atoms in total. The van der Waals surface area contributed by atoms with Crippen molar-refractivity contribution in [2.75, 3.05) is 0 Å². The molecule has 1 unspecified atom stereocenters. The number of nitrogens with two attached hydrogens (primary N) is 1. The number of aromatic nitrogens is 1. The van der Waals surface area contributed by atoms with Crippen molar-refractivity contribution in [3.05, 3.63) is 33.7 Å². The second-order valence-corrected chi connectivity index (χ2v) is 4.68. The lowest BCUT2D eigenvalue weighted by Crippen LogP contribution is -2.32. The fourth-order valence-electron chi connectivity index (χ4n) is 2.04. The van der Waals surface area contributed by atoms with Gasteiger partial charge in [0.05, 0.1) is 5.56 Å². The molecule has 1 rings (SSSR count). The number of pyridine rings is 1. The van der Waals surface area contributed by atoms with Crippen LogP contribution in [0.5, 0.6) is 0 Å². The van der Waals surface area contributed by atoms with Crippen LogP contribution in [-0.4, -0.2) is 15.6 Å². The maximum atomic E-state index is 12.2. The SMILES string of the molecule is CCCC(C)Cn1c(C)ccc(/C(N)=N/O)c1=O. The lowest BCUT2D eigenvalue weighted by atomic mass is 10.1. The van der Waals surface area contributed by atoms with Crippen molar-refractivity contribution in [3.63, 3.8) is 0 Å². The molecule has 0 aliphatic carbocycles. The van der Waals surface area contributed by atoms with Gasteiger partial charge in [-0.1, -0.05) is 25.4 Å². The molecule has 0 aliphatic heterocycles. The number of aryl methyl sites for hydroxylation is 1. The topological polar surface area (TPSA) is 80.6 Å². The first-order valence-corrected chi connectivity index (χ1v) is 6.19. The van der Waals surface area contributed by atoms with Crippen molar-refractivity contribution >= 4 is 5.84 Å². The summed E-state index contributed by atoms with van der Waals surface area (Å²) in [7, 11) is 0. The van der Waals surface area contributed by atoms with E-state index in [9.17, 15) is 4.79 Å². The van der Waals surface area contributed by atoms with E-state index in [0.717, 1.165) is 18.5 Å². The maximum Gasteiger partial charge on any atom is 0.261 e. The normalized spacial score (nSPS) is 13.6. The van der Waals surface area contributed by atoms with E-state index in [0.29, 0.717) is 12.5 Å². The highest BCUT2D eigenvalue weighted by Gasteiger charge is 2.12. The van der Waals surface area contributed by atoms with Gasteiger partial charge in [-0.3, -0.25) is 4.79 Å². The van der Waals surface area contributed by atoms with Crippen LogP contribution in [0.3, 0.4) is 0 Å². The Bertz CT molecular complexity index is 491. The van der Waals surface area contributed by atoms with Crippen molar-refractivity contribution in [2.45, 2.75) is 40.2 Å². The van der Waals surface area contributed by atoms with Crippen LogP contribution in [0.2, 0.25) is 0 Å². The van der Waals surface area contributed by atoms with E-state index >= 15 is 0 Å². The molecule has 0 fully saturated rings. The highest BCUT2D eigenvalue weighted by atomic mass is 16.4. The Kier molecular flexibility index (Phi) is 4.95. The summed E-state index contributed by atoms with van der Waals surface area (Å²) in [4.78, 5) is 12.2. The van der Waals surface area contributed by atoms with Gasteiger partial charge in [-0.2, -0.15) is 0 Å².